The Morgan fingerprint density at radius 1 is 1.15 bits per heavy atom. The smallest absolute Gasteiger partial charge is 0.342 e. The SMILES string of the molecule is CC(NC(=O)c1cccc(C(F)(F)F)c1)c1ncn(-c2ncccn2)n1. The van der Waals surface area contributed by atoms with E-state index >= 15 is 0 Å². The van der Waals surface area contributed by atoms with Crippen molar-refractivity contribution >= 4 is 5.91 Å². The van der Waals surface area contributed by atoms with Gasteiger partial charge in [0.05, 0.1) is 11.6 Å². The molecule has 10 heteroatoms. The first kappa shape index (κ1) is 17.5. The highest BCUT2D eigenvalue weighted by molar-refractivity contribution is 5.94. The molecule has 0 aliphatic heterocycles. The van der Waals surface area contributed by atoms with E-state index in [0.29, 0.717) is 5.95 Å². The van der Waals surface area contributed by atoms with Gasteiger partial charge in [0.2, 0.25) is 0 Å². The summed E-state index contributed by atoms with van der Waals surface area (Å²) in [6.45, 7) is 1.62. The van der Waals surface area contributed by atoms with Crippen LogP contribution in [0.5, 0.6) is 0 Å². The average molecular weight is 362 g/mol. The summed E-state index contributed by atoms with van der Waals surface area (Å²) in [4.78, 5) is 24.3. The van der Waals surface area contributed by atoms with Gasteiger partial charge in [-0.15, -0.1) is 5.10 Å². The number of hydrogen-bond donors (Lipinski definition) is 1. The highest BCUT2D eigenvalue weighted by Crippen LogP contribution is 2.29. The van der Waals surface area contributed by atoms with Crippen LogP contribution in [0.15, 0.2) is 49.1 Å². The number of amides is 1. The van der Waals surface area contributed by atoms with E-state index in [1.165, 1.54) is 23.1 Å². The van der Waals surface area contributed by atoms with E-state index in [0.717, 1.165) is 12.1 Å². The van der Waals surface area contributed by atoms with Crippen LogP contribution in [0.2, 0.25) is 0 Å². The van der Waals surface area contributed by atoms with Gasteiger partial charge in [0.15, 0.2) is 5.82 Å². The lowest BCUT2D eigenvalue weighted by Gasteiger charge is -2.12. The second kappa shape index (κ2) is 6.90. The molecule has 26 heavy (non-hydrogen) atoms. The zero-order valence-corrected chi connectivity index (χ0v) is 13.5. The van der Waals surface area contributed by atoms with Gasteiger partial charge in [0.25, 0.3) is 11.9 Å². The van der Waals surface area contributed by atoms with Crippen LogP contribution in [0.1, 0.15) is 34.7 Å². The van der Waals surface area contributed by atoms with Gasteiger partial charge in [-0.05, 0) is 31.2 Å². The van der Waals surface area contributed by atoms with Crippen molar-refractivity contribution in [2.45, 2.75) is 19.1 Å². The summed E-state index contributed by atoms with van der Waals surface area (Å²) >= 11 is 0. The molecule has 3 rings (SSSR count). The normalized spacial score (nSPS) is 12.6. The Morgan fingerprint density at radius 2 is 1.88 bits per heavy atom. The van der Waals surface area contributed by atoms with Crippen molar-refractivity contribution in [1.82, 2.24) is 30.0 Å². The topological polar surface area (TPSA) is 85.6 Å². The summed E-state index contributed by atoms with van der Waals surface area (Å²) in [6.07, 6.45) is -0.0411. The summed E-state index contributed by atoms with van der Waals surface area (Å²) in [6, 6.07) is 5.22. The van der Waals surface area contributed by atoms with Crippen molar-refractivity contribution in [3.8, 4) is 5.95 Å². The first-order valence-corrected chi connectivity index (χ1v) is 7.51. The molecule has 2 aromatic heterocycles. The average Bonchev–Trinajstić information content (AvgIpc) is 3.12. The third-order valence-corrected chi connectivity index (χ3v) is 3.45. The Balaban J connectivity index is 1.73. The van der Waals surface area contributed by atoms with E-state index in [4.69, 9.17) is 0 Å². The summed E-state index contributed by atoms with van der Waals surface area (Å²) in [5, 5.41) is 6.74. The molecule has 1 amide bonds. The number of benzene rings is 1. The van der Waals surface area contributed by atoms with Gasteiger partial charge in [-0.2, -0.15) is 17.9 Å². The molecule has 0 bridgehead atoms. The third kappa shape index (κ3) is 3.85. The lowest BCUT2D eigenvalue weighted by atomic mass is 10.1. The molecule has 0 spiro atoms. The molecule has 1 atom stereocenters. The summed E-state index contributed by atoms with van der Waals surface area (Å²) in [5.41, 5.74) is -0.987. The third-order valence-electron chi connectivity index (χ3n) is 3.45. The maximum absolute atomic E-state index is 12.8. The van der Waals surface area contributed by atoms with Crippen LogP contribution in [0, 0.1) is 0 Å². The molecule has 0 saturated carbocycles. The largest absolute Gasteiger partial charge is 0.416 e. The van der Waals surface area contributed by atoms with Crippen LogP contribution >= 0.6 is 0 Å². The lowest BCUT2D eigenvalue weighted by Crippen LogP contribution is -2.27. The van der Waals surface area contributed by atoms with E-state index in [9.17, 15) is 18.0 Å². The summed E-state index contributed by atoms with van der Waals surface area (Å²) < 4.78 is 39.6. The van der Waals surface area contributed by atoms with Gasteiger partial charge in [0.1, 0.15) is 6.33 Å². The number of nitrogens with one attached hydrogen (secondary N) is 1. The predicted octanol–water partition coefficient (Wildman–Crippen LogP) is 2.57. The number of alkyl halides is 3. The number of hydrogen-bond acceptors (Lipinski definition) is 5. The monoisotopic (exact) mass is 362 g/mol. The van der Waals surface area contributed by atoms with Crippen molar-refractivity contribution < 1.29 is 18.0 Å². The van der Waals surface area contributed by atoms with Gasteiger partial charge < -0.3 is 5.32 Å². The Bertz CT molecular complexity index is 910. The van der Waals surface area contributed by atoms with Gasteiger partial charge in [-0.1, -0.05) is 6.07 Å². The van der Waals surface area contributed by atoms with Crippen molar-refractivity contribution in [2.24, 2.45) is 0 Å². The molecule has 0 saturated heterocycles. The number of nitrogens with zero attached hydrogens (tertiary/aromatic N) is 5. The fraction of sp³-hybridized carbons (Fsp3) is 0.188. The number of aromatic nitrogens is 5. The van der Waals surface area contributed by atoms with Crippen LogP contribution in [0.25, 0.3) is 5.95 Å². The minimum absolute atomic E-state index is 0.0995. The van der Waals surface area contributed by atoms with Gasteiger partial charge in [0, 0.05) is 18.0 Å². The second-order valence-electron chi connectivity index (χ2n) is 5.37. The fourth-order valence-corrected chi connectivity index (χ4v) is 2.16. The molecule has 2 heterocycles. The van der Waals surface area contributed by atoms with Crippen LogP contribution in [0.3, 0.4) is 0 Å². The van der Waals surface area contributed by atoms with Crippen LogP contribution in [0.4, 0.5) is 13.2 Å². The van der Waals surface area contributed by atoms with Crippen LogP contribution in [-0.2, 0) is 6.18 Å². The molecule has 0 fully saturated rings. The van der Waals surface area contributed by atoms with Crippen molar-refractivity contribution in [3.05, 3.63) is 66.0 Å². The molecule has 1 aromatic carbocycles. The molecule has 0 aliphatic rings. The van der Waals surface area contributed by atoms with E-state index in [-0.39, 0.29) is 11.4 Å². The van der Waals surface area contributed by atoms with E-state index in [2.05, 4.69) is 25.4 Å². The van der Waals surface area contributed by atoms with E-state index in [1.54, 1.807) is 25.4 Å². The Hall–Kier alpha value is -3.30. The number of halogens is 3. The Kier molecular flexibility index (Phi) is 4.65. The molecule has 134 valence electrons. The minimum atomic E-state index is -4.52. The van der Waals surface area contributed by atoms with Crippen molar-refractivity contribution in [3.63, 3.8) is 0 Å². The lowest BCUT2D eigenvalue weighted by molar-refractivity contribution is -0.137. The first-order chi connectivity index (χ1) is 12.3. The van der Waals surface area contributed by atoms with Crippen molar-refractivity contribution in [2.75, 3.05) is 0 Å². The molecule has 0 radical (unpaired) electrons. The van der Waals surface area contributed by atoms with Crippen LogP contribution < -0.4 is 5.32 Å². The van der Waals surface area contributed by atoms with E-state index < -0.39 is 23.7 Å². The molecular weight excluding hydrogens is 349 g/mol. The predicted molar refractivity (Wildman–Crippen MR) is 84.3 cm³/mol. The second-order valence-corrected chi connectivity index (χ2v) is 5.37. The van der Waals surface area contributed by atoms with Gasteiger partial charge in [-0.25, -0.2) is 15.0 Å². The highest BCUT2D eigenvalue weighted by Gasteiger charge is 2.31. The first-order valence-electron chi connectivity index (χ1n) is 7.51. The Morgan fingerprint density at radius 3 is 2.58 bits per heavy atom. The van der Waals surface area contributed by atoms with Gasteiger partial charge in [-0.3, -0.25) is 4.79 Å². The standard InChI is InChI=1S/C16H13F3N6O/c1-10(13-22-9-25(24-13)15-20-6-3-7-21-15)23-14(26)11-4-2-5-12(8-11)16(17,18)19/h2-10H,1H3,(H,23,26). The minimum Gasteiger partial charge on any atom is -0.342 e. The fourth-order valence-electron chi connectivity index (χ4n) is 2.16. The maximum Gasteiger partial charge on any atom is 0.416 e. The molecular formula is C16H13F3N6O. The molecule has 1 N–H and O–H groups in total. The molecule has 1 unspecified atom stereocenters. The quantitative estimate of drug-likeness (QED) is 0.771. The molecule has 7 nitrogen and oxygen atoms in total. The Labute approximate surface area is 145 Å². The van der Waals surface area contributed by atoms with Crippen molar-refractivity contribution in [1.29, 1.82) is 0 Å². The van der Waals surface area contributed by atoms with Crippen LogP contribution in [-0.4, -0.2) is 30.6 Å². The summed E-state index contributed by atoms with van der Waals surface area (Å²) in [5.74, 6) is -0.0728. The molecule has 3 aromatic rings. The number of carbonyl (C=O) groups is 1. The number of carbonyl (C=O) groups excluding carboxylic acids is 1. The zero-order chi connectivity index (χ0) is 18.7. The van der Waals surface area contributed by atoms with Gasteiger partial charge >= 0.3 is 6.18 Å². The zero-order valence-electron chi connectivity index (χ0n) is 13.5. The molecule has 0 aliphatic carbocycles. The maximum atomic E-state index is 12.8. The van der Waals surface area contributed by atoms with E-state index in [1.807, 2.05) is 0 Å². The summed E-state index contributed by atoms with van der Waals surface area (Å²) in [7, 11) is 0. The number of rotatable bonds is 4. The highest BCUT2D eigenvalue weighted by atomic mass is 19.4.